The maximum absolute atomic E-state index is 12.1. The third-order valence-corrected chi connectivity index (χ3v) is 3.65. The molecule has 2 rings (SSSR count). The van der Waals surface area contributed by atoms with E-state index in [4.69, 9.17) is 0 Å². The molecule has 2 amide bonds. The zero-order chi connectivity index (χ0) is 14.7. The van der Waals surface area contributed by atoms with Crippen molar-refractivity contribution in [1.29, 1.82) is 0 Å². The smallest absolute Gasteiger partial charge is 0.222 e. The first-order valence-electron chi connectivity index (χ1n) is 7.13. The van der Waals surface area contributed by atoms with Crippen molar-refractivity contribution in [1.82, 2.24) is 10.2 Å². The molecule has 0 aromatic heterocycles. The van der Waals surface area contributed by atoms with Gasteiger partial charge in [-0.1, -0.05) is 24.3 Å². The molecule has 0 saturated heterocycles. The van der Waals surface area contributed by atoms with Crippen molar-refractivity contribution in [3.8, 4) is 0 Å². The minimum Gasteiger partial charge on any atom is -0.354 e. The van der Waals surface area contributed by atoms with Crippen molar-refractivity contribution in [2.75, 3.05) is 6.54 Å². The highest BCUT2D eigenvalue weighted by Crippen LogP contribution is 2.32. The summed E-state index contributed by atoms with van der Waals surface area (Å²) in [7, 11) is 0. The Morgan fingerprint density at radius 3 is 2.70 bits per heavy atom. The van der Waals surface area contributed by atoms with E-state index in [1.165, 1.54) is 5.56 Å². The first-order valence-corrected chi connectivity index (χ1v) is 7.13. The quantitative estimate of drug-likeness (QED) is 0.917. The Kier molecular flexibility index (Phi) is 4.42. The molecule has 20 heavy (non-hydrogen) atoms. The molecule has 1 unspecified atom stereocenters. The van der Waals surface area contributed by atoms with Gasteiger partial charge in [-0.3, -0.25) is 9.59 Å². The lowest BCUT2D eigenvalue weighted by atomic mass is 9.90. The third-order valence-electron chi connectivity index (χ3n) is 3.65. The predicted molar refractivity (Wildman–Crippen MR) is 78.2 cm³/mol. The van der Waals surface area contributed by atoms with Crippen molar-refractivity contribution in [2.24, 2.45) is 0 Å². The van der Waals surface area contributed by atoms with Gasteiger partial charge in [-0.2, -0.15) is 0 Å². The van der Waals surface area contributed by atoms with Crippen LogP contribution in [0, 0.1) is 0 Å². The van der Waals surface area contributed by atoms with Crippen molar-refractivity contribution < 1.29 is 9.59 Å². The molecule has 4 nitrogen and oxygen atoms in total. The predicted octanol–water partition coefficient (Wildman–Crippen LogP) is 2.05. The molecule has 4 heteroatoms. The van der Waals surface area contributed by atoms with Gasteiger partial charge in [-0.05, 0) is 31.4 Å². The lowest BCUT2D eigenvalue weighted by Crippen LogP contribution is -2.42. The number of nitrogens with zero attached hydrogens (tertiary/aromatic N) is 1. The molecule has 0 radical (unpaired) electrons. The molecule has 0 bridgehead atoms. The van der Waals surface area contributed by atoms with Crippen LogP contribution in [0.15, 0.2) is 24.3 Å². The van der Waals surface area contributed by atoms with Crippen LogP contribution in [0.1, 0.15) is 44.4 Å². The number of amides is 2. The van der Waals surface area contributed by atoms with Crippen LogP contribution in [0.4, 0.5) is 0 Å². The van der Waals surface area contributed by atoms with E-state index in [1.54, 1.807) is 6.92 Å². The topological polar surface area (TPSA) is 49.4 Å². The normalized spacial score (nSPS) is 17.8. The van der Waals surface area contributed by atoms with Gasteiger partial charge in [-0.15, -0.1) is 0 Å². The van der Waals surface area contributed by atoms with Crippen LogP contribution >= 0.6 is 0 Å². The summed E-state index contributed by atoms with van der Waals surface area (Å²) in [6, 6.07) is 8.06. The molecule has 1 aromatic rings. The van der Waals surface area contributed by atoms with Crippen LogP contribution in [-0.2, 0) is 16.0 Å². The Morgan fingerprint density at radius 2 is 2.05 bits per heavy atom. The van der Waals surface area contributed by atoms with Gasteiger partial charge in [0.05, 0.1) is 12.5 Å². The summed E-state index contributed by atoms with van der Waals surface area (Å²) in [4.78, 5) is 25.7. The first-order chi connectivity index (χ1) is 9.49. The second-order valence-electron chi connectivity index (χ2n) is 5.60. The van der Waals surface area contributed by atoms with Gasteiger partial charge in [0.25, 0.3) is 0 Å². The minimum atomic E-state index is -0.142. The minimum absolute atomic E-state index is 0.00652. The molecular formula is C16H22N2O2. The number of carbonyl (C=O) groups excluding carboxylic acids is 2. The summed E-state index contributed by atoms with van der Waals surface area (Å²) in [5, 5.41) is 2.90. The van der Waals surface area contributed by atoms with Crippen LogP contribution in [0.5, 0.6) is 0 Å². The van der Waals surface area contributed by atoms with Gasteiger partial charge in [0.2, 0.25) is 11.8 Å². The first kappa shape index (κ1) is 14.6. The number of nitrogens with one attached hydrogen (secondary N) is 1. The van der Waals surface area contributed by atoms with Crippen molar-refractivity contribution in [2.45, 2.75) is 45.7 Å². The fraction of sp³-hybridized carbons (Fsp3) is 0.500. The van der Waals surface area contributed by atoms with Crippen LogP contribution in [0.25, 0.3) is 0 Å². The third kappa shape index (κ3) is 3.18. The van der Waals surface area contributed by atoms with Gasteiger partial charge in [0.15, 0.2) is 0 Å². The lowest BCUT2D eigenvalue weighted by molar-refractivity contribution is -0.133. The van der Waals surface area contributed by atoms with Crippen LogP contribution in [0.2, 0.25) is 0 Å². The molecule has 0 spiro atoms. The Balaban J connectivity index is 2.24. The highest BCUT2D eigenvalue weighted by molar-refractivity contribution is 5.79. The van der Waals surface area contributed by atoms with E-state index in [-0.39, 0.29) is 23.9 Å². The molecule has 1 atom stereocenters. The second-order valence-corrected chi connectivity index (χ2v) is 5.60. The summed E-state index contributed by atoms with van der Waals surface area (Å²) < 4.78 is 0. The van der Waals surface area contributed by atoms with E-state index in [0.29, 0.717) is 13.0 Å². The van der Waals surface area contributed by atoms with Crippen molar-refractivity contribution >= 4 is 11.8 Å². The Bertz CT molecular complexity index is 511. The van der Waals surface area contributed by atoms with E-state index in [2.05, 4.69) is 11.4 Å². The average molecular weight is 274 g/mol. The zero-order valence-electron chi connectivity index (χ0n) is 12.3. The van der Waals surface area contributed by atoms with Crippen LogP contribution in [0.3, 0.4) is 0 Å². The van der Waals surface area contributed by atoms with Gasteiger partial charge >= 0.3 is 0 Å². The summed E-state index contributed by atoms with van der Waals surface area (Å²) in [5.74, 6) is 0.0230. The molecule has 108 valence electrons. The molecule has 1 aliphatic rings. The number of benzene rings is 1. The van der Waals surface area contributed by atoms with E-state index in [0.717, 1.165) is 12.0 Å². The number of hydrogen-bond donors (Lipinski definition) is 1. The molecule has 0 fully saturated rings. The van der Waals surface area contributed by atoms with Gasteiger partial charge < -0.3 is 10.2 Å². The number of hydrogen-bond acceptors (Lipinski definition) is 2. The fourth-order valence-corrected chi connectivity index (χ4v) is 2.81. The molecule has 1 aromatic carbocycles. The summed E-state index contributed by atoms with van der Waals surface area (Å²) in [5.41, 5.74) is 2.35. The van der Waals surface area contributed by atoms with Crippen LogP contribution in [-0.4, -0.2) is 29.3 Å². The molecule has 1 N–H and O–H groups in total. The number of fused-ring (bicyclic) bond motifs is 1. The Labute approximate surface area is 120 Å². The van der Waals surface area contributed by atoms with E-state index in [9.17, 15) is 9.59 Å². The highest BCUT2D eigenvalue weighted by Gasteiger charge is 2.30. The van der Waals surface area contributed by atoms with Crippen molar-refractivity contribution in [3.63, 3.8) is 0 Å². The van der Waals surface area contributed by atoms with E-state index < -0.39 is 0 Å². The maximum atomic E-state index is 12.1. The molecular weight excluding hydrogens is 252 g/mol. The van der Waals surface area contributed by atoms with E-state index in [1.807, 2.05) is 36.9 Å². The summed E-state index contributed by atoms with van der Waals surface area (Å²) in [6.07, 6.45) is 1.19. The SMILES string of the molecule is CC(=O)N1CCc2ccccc2C1CC(=O)NC(C)C. The molecule has 0 saturated carbocycles. The van der Waals surface area contributed by atoms with Gasteiger partial charge in [-0.25, -0.2) is 0 Å². The summed E-state index contributed by atoms with van der Waals surface area (Å²) in [6.45, 7) is 6.14. The van der Waals surface area contributed by atoms with Crippen molar-refractivity contribution in [3.05, 3.63) is 35.4 Å². The molecule has 0 aliphatic carbocycles. The number of rotatable bonds is 3. The van der Waals surface area contributed by atoms with Gasteiger partial charge in [0.1, 0.15) is 0 Å². The fourth-order valence-electron chi connectivity index (χ4n) is 2.81. The van der Waals surface area contributed by atoms with E-state index >= 15 is 0 Å². The highest BCUT2D eigenvalue weighted by atomic mass is 16.2. The second kappa shape index (κ2) is 6.07. The Morgan fingerprint density at radius 1 is 1.35 bits per heavy atom. The van der Waals surface area contributed by atoms with Crippen LogP contribution < -0.4 is 5.32 Å². The number of carbonyl (C=O) groups is 2. The maximum Gasteiger partial charge on any atom is 0.222 e. The van der Waals surface area contributed by atoms with Gasteiger partial charge in [0, 0.05) is 19.5 Å². The lowest BCUT2D eigenvalue weighted by Gasteiger charge is -2.36. The monoisotopic (exact) mass is 274 g/mol. The summed E-state index contributed by atoms with van der Waals surface area (Å²) >= 11 is 0. The standard InChI is InChI=1S/C16H22N2O2/c1-11(2)17-16(20)10-15-14-7-5-4-6-13(14)8-9-18(15)12(3)19/h4-7,11,15H,8-10H2,1-3H3,(H,17,20). The molecule has 1 aliphatic heterocycles. The Hall–Kier alpha value is -1.84. The average Bonchev–Trinajstić information content (AvgIpc) is 2.37. The molecule has 1 heterocycles. The largest absolute Gasteiger partial charge is 0.354 e. The zero-order valence-corrected chi connectivity index (χ0v) is 12.3.